The average Bonchev–Trinajstić information content (AvgIpc) is 2.19. The van der Waals surface area contributed by atoms with Crippen molar-refractivity contribution in [2.24, 2.45) is 0 Å². The van der Waals surface area contributed by atoms with Crippen molar-refractivity contribution in [2.45, 2.75) is 24.7 Å². The van der Waals surface area contributed by atoms with E-state index in [0.717, 1.165) is 25.5 Å². The summed E-state index contributed by atoms with van der Waals surface area (Å²) in [4.78, 5) is 0.208. The summed E-state index contributed by atoms with van der Waals surface area (Å²) in [7, 11) is -2.37. The first-order valence-corrected chi connectivity index (χ1v) is 5.90. The molecule has 4 heteroatoms. The van der Waals surface area contributed by atoms with E-state index in [0.29, 0.717) is 0 Å². The molecule has 78 valence electrons. The molecule has 0 fully saturated rings. The molecule has 0 saturated carbocycles. The van der Waals surface area contributed by atoms with Gasteiger partial charge in [0, 0.05) is 0 Å². The third-order valence-corrected chi connectivity index (χ3v) is 3.26. The van der Waals surface area contributed by atoms with Crippen LogP contribution in [0.5, 0.6) is 0 Å². The van der Waals surface area contributed by atoms with Crippen LogP contribution in [0.15, 0.2) is 29.2 Å². The number of hydrogen-bond acceptors (Lipinski definition) is 3. The average molecular weight is 214 g/mol. The van der Waals surface area contributed by atoms with Gasteiger partial charge in [-0.15, -0.1) is 0 Å². The van der Waals surface area contributed by atoms with Crippen LogP contribution >= 0.6 is 0 Å². The van der Waals surface area contributed by atoms with Gasteiger partial charge in [-0.3, -0.25) is 4.18 Å². The van der Waals surface area contributed by atoms with E-state index in [-0.39, 0.29) is 4.90 Å². The molecule has 0 atom stereocenters. The summed E-state index contributed by atoms with van der Waals surface area (Å²) in [5, 5.41) is 0. The maximum absolute atomic E-state index is 11.2. The van der Waals surface area contributed by atoms with Crippen LogP contribution in [0.25, 0.3) is 0 Å². The molecule has 0 bridgehead atoms. The van der Waals surface area contributed by atoms with E-state index in [9.17, 15) is 8.42 Å². The second-order valence-electron chi connectivity index (χ2n) is 3.01. The molecule has 0 N–H and O–H groups in total. The Hall–Kier alpha value is -0.870. The smallest absolute Gasteiger partial charge is 0.270 e. The van der Waals surface area contributed by atoms with Gasteiger partial charge in [0.15, 0.2) is 0 Å². The normalized spacial score (nSPS) is 11.6. The highest BCUT2D eigenvalue weighted by molar-refractivity contribution is 7.86. The predicted octanol–water partition coefficient (Wildman–Crippen LogP) is 1.97. The predicted molar refractivity (Wildman–Crippen MR) is 54.6 cm³/mol. The van der Waals surface area contributed by atoms with E-state index in [1.54, 1.807) is 12.1 Å². The van der Waals surface area contributed by atoms with Crippen LogP contribution in [0.4, 0.5) is 0 Å². The van der Waals surface area contributed by atoms with E-state index in [4.69, 9.17) is 0 Å². The third kappa shape index (κ3) is 2.56. The molecule has 1 aromatic carbocycles. The Morgan fingerprint density at radius 1 is 1.21 bits per heavy atom. The highest BCUT2D eigenvalue weighted by atomic mass is 32.2. The highest BCUT2D eigenvalue weighted by Gasteiger charge is 2.11. The zero-order chi connectivity index (χ0) is 10.6. The zero-order valence-corrected chi connectivity index (χ0v) is 9.17. The van der Waals surface area contributed by atoms with Crippen molar-refractivity contribution in [1.82, 2.24) is 0 Å². The lowest BCUT2D eigenvalue weighted by molar-refractivity contribution is 0.398. The molecule has 0 heterocycles. The largest absolute Gasteiger partial charge is 0.296 e. The Morgan fingerprint density at radius 3 is 2.21 bits per heavy atom. The van der Waals surface area contributed by atoms with Gasteiger partial charge in [-0.05, 0) is 24.1 Å². The molecule has 14 heavy (non-hydrogen) atoms. The fourth-order valence-corrected chi connectivity index (χ4v) is 1.87. The van der Waals surface area contributed by atoms with Crippen molar-refractivity contribution in [3.8, 4) is 0 Å². The molecule has 3 nitrogen and oxygen atoms in total. The second-order valence-corrected chi connectivity index (χ2v) is 4.73. The number of aryl methyl sites for hydroxylation is 1. The summed E-state index contributed by atoms with van der Waals surface area (Å²) in [5.41, 5.74) is 1.14. The molecule has 0 aromatic heterocycles. The minimum absolute atomic E-state index is 0.208. The molecule has 0 aliphatic heterocycles. The fraction of sp³-hybridized carbons (Fsp3) is 0.400. The fourth-order valence-electron chi connectivity index (χ4n) is 1.21. The summed E-state index contributed by atoms with van der Waals surface area (Å²) in [6.45, 7) is 2.08. The zero-order valence-electron chi connectivity index (χ0n) is 8.36. The van der Waals surface area contributed by atoms with E-state index >= 15 is 0 Å². The Balaban J connectivity index is 2.94. The third-order valence-electron chi connectivity index (χ3n) is 1.97. The minimum Gasteiger partial charge on any atom is -0.270 e. The van der Waals surface area contributed by atoms with Crippen molar-refractivity contribution in [2.75, 3.05) is 7.11 Å². The molecular formula is C10H14O3S. The standard InChI is InChI=1S/C10H14O3S/c1-3-4-9-5-7-10(8-6-9)14(11,12)13-2/h5-8H,3-4H2,1-2H3. The number of benzene rings is 1. The Kier molecular flexibility index (Phi) is 3.66. The van der Waals surface area contributed by atoms with Crippen molar-refractivity contribution >= 4 is 10.1 Å². The molecule has 0 saturated heterocycles. The van der Waals surface area contributed by atoms with Crippen molar-refractivity contribution in [3.05, 3.63) is 29.8 Å². The van der Waals surface area contributed by atoms with Crippen molar-refractivity contribution in [1.29, 1.82) is 0 Å². The maximum atomic E-state index is 11.2. The van der Waals surface area contributed by atoms with Gasteiger partial charge in [0.2, 0.25) is 0 Å². The lowest BCUT2D eigenvalue weighted by Crippen LogP contribution is -2.02. The van der Waals surface area contributed by atoms with E-state index in [2.05, 4.69) is 11.1 Å². The molecule has 0 aliphatic rings. The lowest BCUT2D eigenvalue weighted by atomic mass is 10.1. The summed E-state index contributed by atoms with van der Waals surface area (Å²) in [6.07, 6.45) is 2.02. The first-order chi connectivity index (χ1) is 6.60. The molecule has 0 unspecified atom stereocenters. The van der Waals surface area contributed by atoms with Crippen LogP contribution in [0.1, 0.15) is 18.9 Å². The van der Waals surface area contributed by atoms with E-state index in [1.165, 1.54) is 0 Å². The summed E-state index contributed by atoms with van der Waals surface area (Å²) in [5.74, 6) is 0. The first kappa shape index (κ1) is 11.2. The topological polar surface area (TPSA) is 43.4 Å². The van der Waals surface area contributed by atoms with Gasteiger partial charge in [-0.1, -0.05) is 25.5 Å². The quantitative estimate of drug-likeness (QED) is 0.720. The van der Waals surface area contributed by atoms with Gasteiger partial charge in [0.25, 0.3) is 10.1 Å². The second kappa shape index (κ2) is 4.57. The van der Waals surface area contributed by atoms with Crippen LogP contribution in [-0.4, -0.2) is 15.5 Å². The molecule has 0 radical (unpaired) electrons. The number of hydrogen-bond donors (Lipinski definition) is 0. The number of rotatable bonds is 4. The van der Waals surface area contributed by atoms with Crippen molar-refractivity contribution in [3.63, 3.8) is 0 Å². The molecule has 1 aromatic rings. The van der Waals surface area contributed by atoms with Gasteiger partial charge in [0.1, 0.15) is 0 Å². The Morgan fingerprint density at radius 2 is 1.79 bits per heavy atom. The molecular weight excluding hydrogens is 200 g/mol. The van der Waals surface area contributed by atoms with Gasteiger partial charge < -0.3 is 0 Å². The highest BCUT2D eigenvalue weighted by Crippen LogP contribution is 2.13. The van der Waals surface area contributed by atoms with Crippen molar-refractivity contribution < 1.29 is 12.6 Å². The maximum Gasteiger partial charge on any atom is 0.296 e. The Labute approximate surface area is 84.8 Å². The monoisotopic (exact) mass is 214 g/mol. The SMILES string of the molecule is CCCc1ccc(S(=O)(=O)OC)cc1. The Bertz CT molecular complexity index is 378. The molecule has 0 amide bonds. The summed E-state index contributed by atoms with van der Waals surface area (Å²) >= 11 is 0. The van der Waals surface area contributed by atoms with Gasteiger partial charge in [-0.2, -0.15) is 8.42 Å². The molecule has 0 aliphatic carbocycles. The van der Waals surface area contributed by atoms with Crippen LogP contribution in [0.3, 0.4) is 0 Å². The van der Waals surface area contributed by atoms with Gasteiger partial charge in [0.05, 0.1) is 12.0 Å². The summed E-state index contributed by atoms with van der Waals surface area (Å²) in [6, 6.07) is 6.78. The lowest BCUT2D eigenvalue weighted by Gasteiger charge is -2.02. The van der Waals surface area contributed by atoms with Crippen LogP contribution in [0, 0.1) is 0 Å². The van der Waals surface area contributed by atoms with Gasteiger partial charge in [-0.25, -0.2) is 0 Å². The molecule has 0 spiro atoms. The van der Waals surface area contributed by atoms with Crippen LogP contribution in [0.2, 0.25) is 0 Å². The van der Waals surface area contributed by atoms with Crippen LogP contribution in [-0.2, 0) is 20.7 Å². The van der Waals surface area contributed by atoms with Crippen LogP contribution < -0.4 is 0 Å². The van der Waals surface area contributed by atoms with E-state index < -0.39 is 10.1 Å². The van der Waals surface area contributed by atoms with Gasteiger partial charge >= 0.3 is 0 Å². The molecule has 1 rings (SSSR count). The van der Waals surface area contributed by atoms with E-state index in [1.807, 2.05) is 12.1 Å². The summed E-state index contributed by atoms with van der Waals surface area (Å²) < 4.78 is 26.9. The minimum atomic E-state index is -3.53. The first-order valence-electron chi connectivity index (χ1n) is 4.49.